The number of aliphatic carboxylic acids is 1. The van der Waals surface area contributed by atoms with E-state index in [4.69, 9.17) is 4.42 Å². The molecule has 1 aliphatic rings. The summed E-state index contributed by atoms with van der Waals surface area (Å²) in [6.45, 7) is 4.99. The van der Waals surface area contributed by atoms with Crippen LogP contribution >= 0.6 is 0 Å². The average Bonchev–Trinajstić information content (AvgIpc) is 3.35. The van der Waals surface area contributed by atoms with Crippen molar-refractivity contribution in [3.8, 4) is 11.5 Å². The van der Waals surface area contributed by atoms with Crippen LogP contribution < -0.4 is 4.90 Å². The van der Waals surface area contributed by atoms with Crippen molar-refractivity contribution >= 4 is 11.8 Å². The molecule has 1 fully saturated rings. The Labute approximate surface area is 156 Å². The molecule has 1 N–H and O–H groups in total. The number of carboxylic acid groups (broad SMARTS) is 1. The monoisotopic (exact) mass is 367 g/mol. The molecule has 0 radical (unpaired) electrons. The fourth-order valence-corrected chi connectivity index (χ4v) is 3.59. The van der Waals surface area contributed by atoms with E-state index in [1.54, 1.807) is 35.5 Å². The lowest BCUT2D eigenvalue weighted by molar-refractivity contribution is -0.149. The zero-order valence-corrected chi connectivity index (χ0v) is 15.3. The van der Waals surface area contributed by atoms with E-state index >= 15 is 0 Å². The van der Waals surface area contributed by atoms with Crippen LogP contribution in [-0.2, 0) is 10.3 Å². The molecule has 0 amide bonds. The van der Waals surface area contributed by atoms with Gasteiger partial charge in [-0.15, -0.1) is 0 Å². The van der Waals surface area contributed by atoms with Gasteiger partial charge in [0.25, 0.3) is 0 Å². The minimum Gasteiger partial charge on any atom is -0.479 e. The van der Waals surface area contributed by atoms with Crippen molar-refractivity contribution in [2.45, 2.75) is 32.2 Å². The number of rotatable bonds is 4. The molecule has 0 bridgehead atoms. The molecule has 27 heavy (non-hydrogen) atoms. The Morgan fingerprint density at radius 2 is 2.04 bits per heavy atom. The van der Waals surface area contributed by atoms with Crippen molar-refractivity contribution in [1.82, 2.24) is 19.7 Å². The molecule has 8 nitrogen and oxygen atoms in total. The number of piperidine rings is 1. The Balaban J connectivity index is 1.60. The van der Waals surface area contributed by atoms with Crippen LogP contribution in [0.1, 0.15) is 24.2 Å². The first-order valence-electron chi connectivity index (χ1n) is 8.88. The molecule has 0 aromatic carbocycles. The Bertz CT molecular complexity index is 956. The number of hydrogen-bond donors (Lipinski definition) is 1. The minimum absolute atomic E-state index is 0.435. The lowest BCUT2D eigenvalue weighted by atomic mass is 9.87. The van der Waals surface area contributed by atoms with E-state index in [2.05, 4.69) is 20.0 Å². The summed E-state index contributed by atoms with van der Waals surface area (Å²) in [7, 11) is 0. The topological polar surface area (TPSA) is 97.3 Å². The second-order valence-corrected chi connectivity index (χ2v) is 6.87. The molecule has 0 atom stereocenters. The van der Waals surface area contributed by atoms with Gasteiger partial charge >= 0.3 is 5.97 Å². The molecular weight excluding hydrogens is 346 g/mol. The van der Waals surface area contributed by atoms with E-state index in [1.807, 2.05) is 19.9 Å². The summed E-state index contributed by atoms with van der Waals surface area (Å²) in [4.78, 5) is 23.1. The molecule has 1 saturated heterocycles. The highest BCUT2D eigenvalue weighted by atomic mass is 16.4. The molecule has 4 heterocycles. The van der Waals surface area contributed by atoms with E-state index in [0.717, 1.165) is 11.4 Å². The fourth-order valence-electron chi connectivity index (χ4n) is 3.59. The number of carboxylic acids is 1. The van der Waals surface area contributed by atoms with Gasteiger partial charge in [0.2, 0.25) is 0 Å². The Hall–Kier alpha value is -3.16. The maximum Gasteiger partial charge on any atom is 0.331 e. The summed E-state index contributed by atoms with van der Waals surface area (Å²) in [6, 6.07) is 5.38. The maximum absolute atomic E-state index is 12.2. The van der Waals surface area contributed by atoms with Crippen LogP contribution in [0, 0.1) is 13.8 Å². The van der Waals surface area contributed by atoms with Crippen LogP contribution in [0.15, 0.2) is 41.3 Å². The predicted molar refractivity (Wildman–Crippen MR) is 98.5 cm³/mol. The van der Waals surface area contributed by atoms with E-state index in [0.29, 0.717) is 43.2 Å². The first-order valence-corrected chi connectivity index (χ1v) is 8.88. The largest absolute Gasteiger partial charge is 0.479 e. The van der Waals surface area contributed by atoms with Gasteiger partial charge in [0.1, 0.15) is 17.3 Å². The van der Waals surface area contributed by atoms with Gasteiger partial charge in [0, 0.05) is 43.9 Å². The Morgan fingerprint density at radius 3 is 2.70 bits per heavy atom. The van der Waals surface area contributed by atoms with Gasteiger partial charge in [-0.05, 0) is 32.0 Å². The Morgan fingerprint density at radius 1 is 1.26 bits per heavy atom. The summed E-state index contributed by atoms with van der Waals surface area (Å²) in [5, 5.41) is 14.5. The van der Waals surface area contributed by atoms with Crippen molar-refractivity contribution in [2.24, 2.45) is 0 Å². The maximum atomic E-state index is 12.2. The molecule has 0 saturated carbocycles. The van der Waals surface area contributed by atoms with Gasteiger partial charge in [-0.3, -0.25) is 4.68 Å². The molecule has 4 rings (SSSR count). The minimum atomic E-state index is -1.07. The van der Waals surface area contributed by atoms with Crippen molar-refractivity contribution in [1.29, 1.82) is 0 Å². The second kappa shape index (κ2) is 6.53. The van der Waals surface area contributed by atoms with E-state index in [1.165, 1.54) is 0 Å². The lowest BCUT2D eigenvalue weighted by Gasteiger charge is -2.39. The first kappa shape index (κ1) is 17.3. The third kappa shape index (κ3) is 2.97. The van der Waals surface area contributed by atoms with Gasteiger partial charge in [-0.1, -0.05) is 0 Å². The first-order chi connectivity index (χ1) is 13.0. The number of nitrogens with zero attached hydrogens (tertiary/aromatic N) is 5. The van der Waals surface area contributed by atoms with Crippen LogP contribution in [-0.4, -0.2) is 43.9 Å². The Kier molecular flexibility index (Phi) is 4.18. The highest BCUT2D eigenvalue weighted by Crippen LogP contribution is 2.33. The summed E-state index contributed by atoms with van der Waals surface area (Å²) >= 11 is 0. The summed E-state index contributed by atoms with van der Waals surface area (Å²) in [5.74, 6) is 1.34. The van der Waals surface area contributed by atoms with Gasteiger partial charge in [-0.25, -0.2) is 14.8 Å². The fraction of sp³-hybridized carbons (Fsp3) is 0.368. The number of furan rings is 1. The van der Waals surface area contributed by atoms with Gasteiger partial charge in [0.05, 0.1) is 6.26 Å². The van der Waals surface area contributed by atoms with Crippen LogP contribution in [0.4, 0.5) is 5.82 Å². The van der Waals surface area contributed by atoms with Crippen LogP contribution in [0.3, 0.4) is 0 Å². The van der Waals surface area contributed by atoms with Crippen molar-refractivity contribution in [3.05, 3.63) is 48.2 Å². The molecule has 0 spiro atoms. The molecule has 1 aliphatic heterocycles. The van der Waals surface area contributed by atoms with Crippen LogP contribution in [0.2, 0.25) is 0 Å². The standard InChI is InChI=1S/C19H21N5O3/c1-13-12-20-14(2)21-17(13)23-9-6-19(7-10-23,18(25)26)24-8-5-15(22-24)16-4-3-11-27-16/h3-5,8,11-12H,6-7,9-10H2,1-2H3,(H,25,26). The zero-order valence-electron chi connectivity index (χ0n) is 15.3. The summed E-state index contributed by atoms with van der Waals surface area (Å²) in [6.07, 6.45) is 5.97. The molecule has 0 aliphatic carbocycles. The third-order valence-corrected chi connectivity index (χ3v) is 5.15. The molecule has 3 aromatic heterocycles. The molecule has 0 unspecified atom stereocenters. The predicted octanol–water partition coefficient (Wildman–Crippen LogP) is 2.63. The molecule has 3 aromatic rings. The number of carbonyl (C=O) groups is 1. The highest BCUT2D eigenvalue weighted by molar-refractivity contribution is 5.77. The quantitative estimate of drug-likeness (QED) is 0.757. The third-order valence-electron chi connectivity index (χ3n) is 5.15. The van der Waals surface area contributed by atoms with Crippen molar-refractivity contribution in [2.75, 3.05) is 18.0 Å². The van der Waals surface area contributed by atoms with Gasteiger partial charge in [0.15, 0.2) is 11.3 Å². The van der Waals surface area contributed by atoms with E-state index in [9.17, 15) is 9.90 Å². The average molecular weight is 367 g/mol. The van der Waals surface area contributed by atoms with Gasteiger partial charge in [-0.2, -0.15) is 5.10 Å². The number of aromatic nitrogens is 4. The normalized spacial score (nSPS) is 16.4. The van der Waals surface area contributed by atoms with Crippen LogP contribution in [0.25, 0.3) is 11.5 Å². The summed E-state index contributed by atoms with van der Waals surface area (Å²) < 4.78 is 6.94. The van der Waals surface area contributed by atoms with Gasteiger partial charge < -0.3 is 14.4 Å². The smallest absolute Gasteiger partial charge is 0.331 e. The lowest BCUT2D eigenvalue weighted by Crippen LogP contribution is -2.51. The highest BCUT2D eigenvalue weighted by Gasteiger charge is 2.44. The zero-order chi connectivity index (χ0) is 19.0. The number of aryl methyl sites for hydroxylation is 2. The van der Waals surface area contributed by atoms with Crippen molar-refractivity contribution < 1.29 is 14.3 Å². The van der Waals surface area contributed by atoms with E-state index in [-0.39, 0.29) is 0 Å². The SMILES string of the molecule is Cc1ncc(C)c(N2CCC(C(=O)O)(n3ccc(-c4ccco4)n3)CC2)n1. The molecule has 140 valence electrons. The second-order valence-electron chi connectivity index (χ2n) is 6.87. The number of hydrogen-bond acceptors (Lipinski definition) is 6. The summed E-state index contributed by atoms with van der Waals surface area (Å²) in [5.41, 5.74) is 0.546. The number of anilines is 1. The molecule has 8 heteroatoms. The molecular formula is C19H21N5O3. The van der Waals surface area contributed by atoms with E-state index < -0.39 is 11.5 Å². The van der Waals surface area contributed by atoms with Crippen LogP contribution in [0.5, 0.6) is 0 Å². The van der Waals surface area contributed by atoms with Crippen molar-refractivity contribution in [3.63, 3.8) is 0 Å².